The van der Waals surface area contributed by atoms with Crippen molar-refractivity contribution in [2.45, 2.75) is 19.3 Å². The molecule has 1 heteroatoms. The Labute approximate surface area is 65.1 Å². The Balaban J connectivity index is 2.34. The van der Waals surface area contributed by atoms with Gasteiger partial charge in [-0.05, 0) is 29.6 Å². The zero-order valence-electron chi connectivity index (χ0n) is 6.18. The minimum Gasteiger partial charge on any atom is -0.294 e. The first-order chi connectivity index (χ1) is 5.36. The van der Waals surface area contributed by atoms with Crippen LogP contribution < -0.4 is 0 Å². The summed E-state index contributed by atoms with van der Waals surface area (Å²) in [6.07, 6.45) is 7.04. The van der Waals surface area contributed by atoms with Crippen molar-refractivity contribution in [3.05, 3.63) is 34.4 Å². The fourth-order valence-corrected chi connectivity index (χ4v) is 2.25. The van der Waals surface area contributed by atoms with Crippen LogP contribution in [0.25, 0.3) is 0 Å². The van der Waals surface area contributed by atoms with Gasteiger partial charge in [-0.3, -0.25) is 4.79 Å². The first kappa shape index (κ1) is 5.53. The third-order valence-electron chi connectivity index (χ3n) is 2.76. The highest BCUT2D eigenvalue weighted by Crippen LogP contribution is 2.45. The molecule has 3 aliphatic rings. The van der Waals surface area contributed by atoms with Gasteiger partial charge in [0.15, 0.2) is 5.78 Å². The van der Waals surface area contributed by atoms with Crippen LogP contribution in [-0.4, -0.2) is 5.78 Å². The Hall–Kier alpha value is -1.11. The monoisotopic (exact) mass is 144 g/mol. The number of carbonyl (C=O) groups is 1. The maximum Gasteiger partial charge on any atom is 0.163 e. The summed E-state index contributed by atoms with van der Waals surface area (Å²) in [5, 5.41) is 0. The molecule has 3 aliphatic carbocycles. The van der Waals surface area contributed by atoms with Gasteiger partial charge >= 0.3 is 0 Å². The maximum atomic E-state index is 11.3. The van der Waals surface area contributed by atoms with Gasteiger partial charge in [-0.25, -0.2) is 0 Å². The van der Waals surface area contributed by atoms with Crippen LogP contribution in [-0.2, 0) is 4.79 Å². The molecule has 0 heterocycles. The molecule has 0 unspecified atom stereocenters. The molecule has 0 aliphatic heterocycles. The second-order valence-corrected chi connectivity index (χ2v) is 3.34. The standard InChI is InChI=1S/C10H8O/c11-9-4-3-8-6-1-2-7(5-6)10(8)9/h1-2H,3-5H2. The van der Waals surface area contributed by atoms with Gasteiger partial charge in [0, 0.05) is 12.0 Å². The maximum absolute atomic E-state index is 11.3. The Morgan fingerprint density at radius 1 is 1.09 bits per heavy atom. The molecule has 0 aromatic heterocycles. The van der Waals surface area contributed by atoms with Crippen LogP contribution in [0.3, 0.4) is 0 Å². The number of carbonyl (C=O) groups excluding carboxylic acids is 1. The number of ketones is 1. The van der Waals surface area contributed by atoms with E-state index in [-0.39, 0.29) is 0 Å². The smallest absolute Gasteiger partial charge is 0.163 e. The molecule has 0 atom stereocenters. The fourth-order valence-electron chi connectivity index (χ4n) is 2.25. The average molecular weight is 144 g/mol. The van der Waals surface area contributed by atoms with Gasteiger partial charge < -0.3 is 0 Å². The number of allylic oxidation sites excluding steroid dienone is 6. The summed E-state index contributed by atoms with van der Waals surface area (Å²) in [6, 6.07) is 0. The van der Waals surface area contributed by atoms with Crippen LogP contribution in [0, 0.1) is 0 Å². The number of fused-ring (bicyclic) bond motifs is 3. The molecular weight excluding hydrogens is 136 g/mol. The third kappa shape index (κ3) is 0.506. The topological polar surface area (TPSA) is 17.1 Å². The quantitative estimate of drug-likeness (QED) is 0.507. The average Bonchev–Trinajstić information content (AvgIpc) is 2.60. The van der Waals surface area contributed by atoms with Crippen LogP contribution in [0.1, 0.15) is 19.3 Å². The highest BCUT2D eigenvalue weighted by molar-refractivity contribution is 6.06. The lowest BCUT2D eigenvalue weighted by Gasteiger charge is -1.98. The second kappa shape index (κ2) is 1.55. The highest BCUT2D eigenvalue weighted by Gasteiger charge is 2.34. The number of hydrogen-bond acceptors (Lipinski definition) is 1. The van der Waals surface area contributed by atoms with E-state index in [0.29, 0.717) is 5.78 Å². The predicted molar refractivity (Wildman–Crippen MR) is 42.1 cm³/mol. The van der Waals surface area contributed by atoms with Crippen LogP contribution >= 0.6 is 0 Å². The molecule has 1 fully saturated rings. The van der Waals surface area contributed by atoms with Gasteiger partial charge in [0.1, 0.15) is 0 Å². The molecule has 11 heavy (non-hydrogen) atoms. The van der Waals surface area contributed by atoms with E-state index >= 15 is 0 Å². The lowest BCUT2D eigenvalue weighted by atomic mass is 10.1. The van der Waals surface area contributed by atoms with Gasteiger partial charge in [-0.2, -0.15) is 0 Å². The van der Waals surface area contributed by atoms with Crippen molar-refractivity contribution in [2.75, 3.05) is 0 Å². The van der Waals surface area contributed by atoms with E-state index in [1.165, 1.54) is 16.7 Å². The molecule has 0 spiro atoms. The summed E-state index contributed by atoms with van der Waals surface area (Å²) in [4.78, 5) is 11.3. The Morgan fingerprint density at radius 2 is 1.91 bits per heavy atom. The van der Waals surface area contributed by atoms with Crippen molar-refractivity contribution in [1.29, 1.82) is 0 Å². The van der Waals surface area contributed by atoms with Crippen LogP contribution in [0.15, 0.2) is 34.4 Å². The molecule has 1 saturated carbocycles. The normalized spacial score (nSPS) is 26.0. The molecule has 2 bridgehead atoms. The van der Waals surface area contributed by atoms with E-state index in [2.05, 4.69) is 12.2 Å². The van der Waals surface area contributed by atoms with Crippen LogP contribution in [0.5, 0.6) is 0 Å². The lowest BCUT2D eigenvalue weighted by Crippen LogP contribution is -1.93. The first-order valence-electron chi connectivity index (χ1n) is 4.03. The van der Waals surface area contributed by atoms with Crippen LogP contribution in [0.2, 0.25) is 0 Å². The lowest BCUT2D eigenvalue weighted by molar-refractivity contribution is -0.114. The zero-order valence-corrected chi connectivity index (χ0v) is 6.18. The summed E-state index contributed by atoms with van der Waals surface area (Å²) < 4.78 is 0. The Morgan fingerprint density at radius 3 is 2.73 bits per heavy atom. The number of hydrogen-bond donors (Lipinski definition) is 0. The number of Topliss-reactive ketones (excluding diaryl/α,β-unsaturated/α-hetero) is 1. The molecule has 0 aromatic rings. The fraction of sp³-hybridized carbons (Fsp3) is 0.300. The summed E-state index contributed by atoms with van der Waals surface area (Å²) in [6.45, 7) is 0. The van der Waals surface area contributed by atoms with E-state index in [1.54, 1.807) is 0 Å². The molecule has 54 valence electrons. The number of rotatable bonds is 0. The minimum absolute atomic E-state index is 0.370. The van der Waals surface area contributed by atoms with Crippen molar-refractivity contribution in [1.82, 2.24) is 0 Å². The summed E-state index contributed by atoms with van der Waals surface area (Å²) in [5.41, 5.74) is 5.10. The summed E-state index contributed by atoms with van der Waals surface area (Å²) in [5.74, 6) is 0.370. The Bertz CT molecular complexity index is 353. The molecule has 1 nitrogen and oxygen atoms in total. The van der Waals surface area contributed by atoms with Crippen molar-refractivity contribution in [3.63, 3.8) is 0 Å². The Kier molecular flexibility index (Phi) is 0.780. The highest BCUT2D eigenvalue weighted by atomic mass is 16.1. The van der Waals surface area contributed by atoms with E-state index in [9.17, 15) is 4.79 Å². The van der Waals surface area contributed by atoms with E-state index in [4.69, 9.17) is 0 Å². The molecule has 3 rings (SSSR count). The van der Waals surface area contributed by atoms with Gasteiger partial charge in [0.25, 0.3) is 0 Å². The molecule has 0 aromatic carbocycles. The van der Waals surface area contributed by atoms with Crippen molar-refractivity contribution < 1.29 is 4.79 Å². The van der Waals surface area contributed by atoms with Gasteiger partial charge in [-0.1, -0.05) is 12.2 Å². The first-order valence-corrected chi connectivity index (χ1v) is 4.03. The SMILES string of the molecule is O=C1CCC2=C3C=CC(=C12)C3. The van der Waals surface area contributed by atoms with E-state index in [1.807, 2.05) is 0 Å². The molecule has 0 N–H and O–H groups in total. The van der Waals surface area contributed by atoms with Crippen molar-refractivity contribution in [2.24, 2.45) is 0 Å². The molecule has 0 amide bonds. The largest absolute Gasteiger partial charge is 0.294 e. The third-order valence-corrected chi connectivity index (χ3v) is 2.76. The summed E-state index contributed by atoms with van der Waals surface area (Å²) in [7, 11) is 0. The molecule has 0 saturated heterocycles. The van der Waals surface area contributed by atoms with E-state index < -0.39 is 0 Å². The summed E-state index contributed by atoms with van der Waals surface area (Å²) >= 11 is 0. The molecular formula is C10H8O. The van der Waals surface area contributed by atoms with Gasteiger partial charge in [-0.15, -0.1) is 0 Å². The van der Waals surface area contributed by atoms with Gasteiger partial charge in [0.05, 0.1) is 0 Å². The van der Waals surface area contributed by atoms with Crippen LogP contribution in [0.4, 0.5) is 0 Å². The minimum atomic E-state index is 0.370. The predicted octanol–water partition coefficient (Wildman–Crippen LogP) is 1.92. The zero-order chi connectivity index (χ0) is 7.42. The van der Waals surface area contributed by atoms with Crippen molar-refractivity contribution in [3.8, 4) is 0 Å². The van der Waals surface area contributed by atoms with Gasteiger partial charge in [0.2, 0.25) is 0 Å². The molecule has 0 radical (unpaired) electrons. The van der Waals surface area contributed by atoms with E-state index in [0.717, 1.165) is 24.8 Å². The van der Waals surface area contributed by atoms with Crippen molar-refractivity contribution >= 4 is 5.78 Å². The second-order valence-electron chi connectivity index (χ2n) is 3.34.